The maximum absolute atomic E-state index is 13.6. The van der Waals surface area contributed by atoms with Crippen LogP contribution in [0.1, 0.15) is 34.5 Å². The number of Topliss-reactive ketones (excluding diaryl/α,β-unsaturated/α-hetero) is 1. The molecule has 0 aliphatic carbocycles. The van der Waals surface area contributed by atoms with Crippen LogP contribution in [0.25, 0.3) is 11.0 Å². The first-order valence-electron chi connectivity index (χ1n) is 10.9. The molecule has 0 saturated heterocycles. The van der Waals surface area contributed by atoms with Crippen molar-refractivity contribution >= 4 is 22.7 Å². The zero-order chi connectivity index (χ0) is 23.8. The van der Waals surface area contributed by atoms with Crippen LogP contribution in [-0.2, 0) is 11.3 Å². The number of aromatic nitrogens is 2. The predicted octanol–water partition coefficient (Wildman–Crippen LogP) is 3.63. The highest BCUT2D eigenvalue weighted by atomic mass is 16.5. The molecule has 1 aromatic carbocycles. The zero-order valence-corrected chi connectivity index (χ0v) is 18.8. The predicted molar refractivity (Wildman–Crippen MR) is 120 cm³/mol. The fraction of sp³-hybridized carbons (Fsp3) is 0.240. The van der Waals surface area contributed by atoms with Crippen molar-refractivity contribution in [1.29, 1.82) is 0 Å². The molecule has 1 aliphatic rings. The normalized spacial score (nSPS) is 16.1. The van der Waals surface area contributed by atoms with Gasteiger partial charge in [-0.2, -0.15) is 0 Å². The Morgan fingerprint density at radius 1 is 1.26 bits per heavy atom. The van der Waals surface area contributed by atoms with Crippen LogP contribution >= 0.6 is 0 Å². The van der Waals surface area contributed by atoms with Crippen LogP contribution in [0.5, 0.6) is 5.75 Å². The van der Waals surface area contributed by atoms with Crippen LogP contribution in [0, 0.1) is 6.92 Å². The molecule has 2 N–H and O–H groups in total. The topological polar surface area (TPSA) is 113 Å². The second-order valence-electron chi connectivity index (χ2n) is 8.13. The number of aryl methyl sites for hydroxylation is 2. The van der Waals surface area contributed by atoms with Crippen molar-refractivity contribution in [2.24, 2.45) is 0 Å². The monoisotopic (exact) mass is 462 g/mol. The first-order valence-corrected chi connectivity index (χ1v) is 10.9. The molecule has 9 nitrogen and oxygen atoms in total. The standard InChI is InChI=1S/C25H23N3O6/c1-15-7-8-17(33-15)21-20(22(29)19-13-16-5-3-6-18(32-2)24(16)34-19)23(30)25(31)28(21)11-4-10-27-12-9-26-14-27/h3,5-9,12-14,21H,4,10-11H2,1-2H3,(H,29,30)/p+1. The number of aliphatic hydroxyl groups excluding tert-OH is 1. The van der Waals surface area contributed by atoms with Gasteiger partial charge in [-0.05, 0) is 31.2 Å². The molecule has 0 spiro atoms. The summed E-state index contributed by atoms with van der Waals surface area (Å²) in [5.41, 5.74) is 0.357. The number of furan rings is 2. The van der Waals surface area contributed by atoms with E-state index in [1.165, 1.54) is 12.0 Å². The first-order chi connectivity index (χ1) is 16.5. The number of methoxy groups -OCH3 is 1. The summed E-state index contributed by atoms with van der Waals surface area (Å²) in [5.74, 6) is -0.254. The lowest BCUT2D eigenvalue weighted by atomic mass is 9.99. The largest absolute Gasteiger partial charge is 0.503 e. The SMILES string of the molecule is COc1cccc2cc(C(=O)C3=C(O)C(=O)N(CCC[n+]4cc[nH]c4)C3c3ccc(C)o3)oc12. The Hall–Kier alpha value is -4.27. The number of carbonyl (C=O) groups excluding carboxylic acids is 2. The van der Waals surface area contributed by atoms with Gasteiger partial charge >= 0.3 is 0 Å². The fourth-order valence-electron chi connectivity index (χ4n) is 4.34. The number of hydrogen-bond acceptors (Lipinski definition) is 6. The summed E-state index contributed by atoms with van der Waals surface area (Å²) >= 11 is 0. The van der Waals surface area contributed by atoms with Gasteiger partial charge in [-0.25, -0.2) is 4.57 Å². The molecule has 9 heteroatoms. The highest BCUT2D eigenvalue weighted by Crippen LogP contribution is 2.40. The number of amides is 1. The van der Waals surface area contributed by atoms with E-state index < -0.39 is 23.5 Å². The molecule has 4 heterocycles. The molecular formula is C25H24N3O6+. The van der Waals surface area contributed by atoms with Gasteiger partial charge < -0.3 is 23.6 Å². The van der Waals surface area contributed by atoms with Crippen LogP contribution in [0.15, 0.2) is 75.3 Å². The highest BCUT2D eigenvalue weighted by Gasteiger charge is 2.45. The number of para-hydroxylation sites is 1. The van der Waals surface area contributed by atoms with E-state index in [2.05, 4.69) is 4.98 Å². The van der Waals surface area contributed by atoms with Gasteiger partial charge in [-0.1, -0.05) is 12.1 Å². The molecule has 5 rings (SSSR count). The van der Waals surface area contributed by atoms with Crippen LogP contribution in [0.3, 0.4) is 0 Å². The van der Waals surface area contributed by atoms with Crippen LogP contribution in [-0.4, -0.2) is 40.3 Å². The van der Waals surface area contributed by atoms with Gasteiger partial charge in [0.1, 0.15) is 30.0 Å². The maximum atomic E-state index is 13.6. The van der Waals surface area contributed by atoms with Gasteiger partial charge in [-0.15, -0.1) is 0 Å². The van der Waals surface area contributed by atoms with Crippen molar-refractivity contribution in [3.63, 3.8) is 0 Å². The number of nitrogens with zero attached hydrogens (tertiary/aromatic N) is 2. The molecule has 4 aromatic rings. The van der Waals surface area contributed by atoms with Crippen molar-refractivity contribution in [3.05, 3.63) is 83.7 Å². The molecule has 0 bridgehead atoms. The van der Waals surface area contributed by atoms with Crippen molar-refractivity contribution in [2.75, 3.05) is 13.7 Å². The minimum absolute atomic E-state index is 0.00635. The Morgan fingerprint density at radius 3 is 2.82 bits per heavy atom. The number of H-pyrrole nitrogens is 1. The van der Waals surface area contributed by atoms with Crippen molar-refractivity contribution in [1.82, 2.24) is 9.88 Å². The first kappa shape index (κ1) is 21.6. The molecule has 0 fully saturated rings. The van der Waals surface area contributed by atoms with E-state index in [0.29, 0.717) is 47.7 Å². The third-order valence-corrected chi connectivity index (χ3v) is 5.95. The second kappa shape index (κ2) is 8.58. The van der Waals surface area contributed by atoms with E-state index >= 15 is 0 Å². The number of benzene rings is 1. The van der Waals surface area contributed by atoms with Gasteiger partial charge in [0.05, 0.1) is 19.2 Å². The maximum Gasteiger partial charge on any atom is 0.290 e. The van der Waals surface area contributed by atoms with Crippen LogP contribution < -0.4 is 9.30 Å². The van der Waals surface area contributed by atoms with Gasteiger partial charge in [0.15, 0.2) is 22.9 Å². The number of rotatable bonds is 8. The number of hydrogen-bond donors (Lipinski definition) is 2. The van der Waals surface area contributed by atoms with E-state index in [-0.39, 0.29) is 11.3 Å². The molecule has 0 radical (unpaired) electrons. The number of ketones is 1. The number of carbonyl (C=O) groups is 2. The Morgan fingerprint density at radius 2 is 2.12 bits per heavy atom. The summed E-state index contributed by atoms with van der Waals surface area (Å²) < 4.78 is 18.9. The van der Waals surface area contributed by atoms with Gasteiger partial charge in [0, 0.05) is 18.4 Å². The van der Waals surface area contributed by atoms with Gasteiger partial charge in [-0.3, -0.25) is 14.6 Å². The molecule has 1 aliphatic heterocycles. The average molecular weight is 462 g/mol. The van der Waals surface area contributed by atoms with Crippen molar-refractivity contribution < 1.29 is 32.8 Å². The zero-order valence-electron chi connectivity index (χ0n) is 18.8. The minimum Gasteiger partial charge on any atom is -0.503 e. The van der Waals surface area contributed by atoms with E-state index in [1.807, 2.05) is 23.3 Å². The van der Waals surface area contributed by atoms with Crippen molar-refractivity contribution in [3.8, 4) is 5.75 Å². The lowest BCUT2D eigenvalue weighted by Gasteiger charge is -2.24. The molecule has 1 atom stereocenters. The number of imidazole rings is 1. The summed E-state index contributed by atoms with van der Waals surface area (Å²) in [4.78, 5) is 31.1. The third-order valence-electron chi connectivity index (χ3n) is 5.95. The summed E-state index contributed by atoms with van der Waals surface area (Å²) in [6, 6.07) is 9.52. The smallest absolute Gasteiger partial charge is 0.290 e. The minimum atomic E-state index is -0.861. The Labute approximate surface area is 194 Å². The Bertz CT molecular complexity index is 1400. The number of nitrogens with one attached hydrogen (secondary N) is 1. The van der Waals surface area contributed by atoms with E-state index in [1.54, 1.807) is 43.3 Å². The fourth-order valence-corrected chi connectivity index (χ4v) is 4.34. The van der Waals surface area contributed by atoms with Gasteiger partial charge in [0.2, 0.25) is 12.1 Å². The molecule has 3 aromatic heterocycles. The third kappa shape index (κ3) is 3.64. The second-order valence-corrected chi connectivity index (χ2v) is 8.13. The van der Waals surface area contributed by atoms with Crippen LogP contribution in [0.4, 0.5) is 0 Å². The Balaban J connectivity index is 1.50. The molecule has 34 heavy (non-hydrogen) atoms. The number of aliphatic hydroxyl groups is 1. The van der Waals surface area contributed by atoms with Crippen molar-refractivity contribution in [2.45, 2.75) is 25.9 Å². The Kier molecular flexibility index (Phi) is 5.45. The summed E-state index contributed by atoms with van der Waals surface area (Å²) in [7, 11) is 1.52. The average Bonchev–Trinajstić information content (AvgIpc) is 3.62. The number of ether oxygens (including phenoxy) is 1. The van der Waals surface area contributed by atoms with E-state index in [9.17, 15) is 14.7 Å². The highest BCUT2D eigenvalue weighted by molar-refractivity contribution is 6.16. The molecule has 1 unspecified atom stereocenters. The lowest BCUT2D eigenvalue weighted by molar-refractivity contribution is -0.695. The van der Waals surface area contributed by atoms with Gasteiger partial charge in [0.25, 0.3) is 5.91 Å². The molecule has 1 amide bonds. The number of fused-ring (bicyclic) bond motifs is 1. The summed E-state index contributed by atoms with van der Waals surface area (Å²) in [5, 5.41) is 11.5. The van der Waals surface area contributed by atoms with E-state index in [0.717, 1.165) is 0 Å². The molecule has 174 valence electrons. The molecule has 0 saturated carbocycles. The van der Waals surface area contributed by atoms with Crippen LogP contribution in [0.2, 0.25) is 0 Å². The lowest BCUT2D eigenvalue weighted by Crippen LogP contribution is -2.36. The number of aromatic amines is 1. The quantitative estimate of drug-likeness (QED) is 0.305. The van der Waals surface area contributed by atoms with E-state index in [4.69, 9.17) is 13.6 Å². The summed E-state index contributed by atoms with van der Waals surface area (Å²) in [6.45, 7) is 2.75. The molecular weight excluding hydrogens is 438 g/mol. The summed E-state index contributed by atoms with van der Waals surface area (Å²) in [6.07, 6.45) is 6.13.